The van der Waals surface area contributed by atoms with Gasteiger partial charge in [0.15, 0.2) is 0 Å². The monoisotopic (exact) mass is 338 g/mol. The van der Waals surface area contributed by atoms with E-state index >= 15 is 0 Å². The van der Waals surface area contributed by atoms with E-state index in [0.717, 1.165) is 5.75 Å². The van der Waals surface area contributed by atoms with Crippen LogP contribution in [0.5, 0.6) is 5.75 Å². The molecular formula is C14H16BIO. The first-order valence-electron chi connectivity index (χ1n) is 5.46. The van der Waals surface area contributed by atoms with Crippen LogP contribution in [0.25, 0.3) is 0 Å². The van der Waals surface area contributed by atoms with Crippen molar-refractivity contribution >= 4 is 32.4 Å². The standard InChI is InChI=1S/C14H16BIO/c1-4-6-7-12(5-2)15(16)13-8-10-14(17-3)11-9-13/h4-11H,2H2,1,3H3/b6-4+,12-7+. The molecule has 0 aliphatic heterocycles. The molecule has 3 heteroatoms. The van der Waals surface area contributed by atoms with Crippen LogP contribution < -0.4 is 10.2 Å². The Morgan fingerprint density at radius 1 is 1.35 bits per heavy atom. The van der Waals surface area contributed by atoms with E-state index in [2.05, 4.69) is 47.2 Å². The van der Waals surface area contributed by atoms with Crippen LogP contribution in [-0.2, 0) is 0 Å². The molecule has 0 amide bonds. The number of halogens is 1. The molecule has 17 heavy (non-hydrogen) atoms. The molecule has 0 fully saturated rings. The topological polar surface area (TPSA) is 9.23 Å². The molecule has 0 radical (unpaired) electrons. The smallest absolute Gasteiger partial charge is 0.282 e. The molecule has 0 aromatic heterocycles. The SMILES string of the molecule is C=C/C(=C\C=C\C)B(I)c1ccc(OC)cc1. The van der Waals surface area contributed by atoms with Gasteiger partial charge in [-0.1, -0.05) is 54.0 Å². The summed E-state index contributed by atoms with van der Waals surface area (Å²) in [6.07, 6.45) is 8.04. The fraction of sp³-hybridized carbons (Fsp3) is 0.143. The Bertz CT molecular complexity index is 420. The molecule has 0 unspecified atom stereocenters. The molecule has 0 saturated carbocycles. The first kappa shape index (κ1) is 14.1. The van der Waals surface area contributed by atoms with Gasteiger partial charge >= 0.3 is 0 Å². The maximum Gasteiger partial charge on any atom is 0.282 e. The van der Waals surface area contributed by atoms with Crippen molar-refractivity contribution in [2.75, 3.05) is 7.11 Å². The summed E-state index contributed by atoms with van der Waals surface area (Å²) < 4.78 is 5.46. The minimum Gasteiger partial charge on any atom is -0.497 e. The summed E-state index contributed by atoms with van der Waals surface area (Å²) in [6, 6.07) is 8.14. The molecule has 0 aliphatic carbocycles. The largest absolute Gasteiger partial charge is 0.497 e. The Morgan fingerprint density at radius 3 is 2.47 bits per heavy atom. The first-order chi connectivity index (χ1) is 8.22. The molecule has 0 N–H and O–H groups in total. The van der Waals surface area contributed by atoms with Gasteiger partial charge in [0.05, 0.1) is 7.11 Å². The number of hydrogen-bond donors (Lipinski definition) is 0. The second-order valence-corrected chi connectivity index (χ2v) is 4.78. The van der Waals surface area contributed by atoms with E-state index in [9.17, 15) is 0 Å². The maximum atomic E-state index is 5.15. The molecule has 1 aromatic rings. The number of benzene rings is 1. The zero-order chi connectivity index (χ0) is 12.7. The van der Waals surface area contributed by atoms with Gasteiger partial charge in [0.25, 0.3) is 4.57 Å². The molecule has 0 atom stereocenters. The van der Waals surface area contributed by atoms with Crippen molar-refractivity contribution in [2.45, 2.75) is 6.92 Å². The van der Waals surface area contributed by atoms with Gasteiger partial charge in [0.2, 0.25) is 0 Å². The van der Waals surface area contributed by atoms with Crippen molar-refractivity contribution in [1.82, 2.24) is 0 Å². The average molecular weight is 338 g/mol. The zero-order valence-electron chi connectivity index (χ0n) is 10.2. The third-order valence-corrected chi connectivity index (χ3v) is 3.86. The van der Waals surface area contributed by atoms with Gasteiger partial charge in [0.1, 0.15) is 5.75 Å². The highest BCUT2D eigenvalue weighted by molar-refractivity contribution is 14.1. The van der Waals surface area contributed by atoms with Crippen LogP contribution in [0.3, 0.4) is 0 Å². The molecule has 1 rings (SSSR count). The van der Waals surface area contributed by atoms with Gasteiger partial charge < -0.3 is 4.74 Å². The van der Waals surface area contributed by atoms with Crippen molar-refractivity contribution in [3.63, 3.8) is 0 Å². The molecule has 0 heterocycles. The highest BCUT2D eigenvalue weighted by Crippen LogP contribution is 2.13. The van der Waals surface area contributed by atoms with Crippen LogP contribution in [0.4, 0.5) is 0 Å². The van der Waals surface area contributed by atoms with E-state index in [0.29, 0.717) is 4.57 Å². The van der Waals surface area contributed by atoms with E-state index in [1.807, 2.05) is 37.3 Å². The number of rotatable bonds is 5. The molecular weight excluding hydrogens is 322 g/mol. The number of allylic oxidation sites excluding steroid dienone is 5. The van der Waals surface area contributed by atoms with E-state index < -0.39 is 0 Å². The first-order valence-corrected chi connectivity index (χ1v) is 6.70. The summed E-state index contributed by atoms with van der Waals surface area (Å²) >= 11 is 2.42. The van der Waals surface area contributed by atoms with Gasteiger partial charge in [0, 0.05) is 0 Å². The Morgan fingerprint density at radius 2 is 2.00 bits per heavy atom. The third kappa shape index (κ3) is 4.08. The van der Waals surface area contributed by atoms with Crippen LogP contribution in [0.1, 0.15) is 6.92 Å². The summed E-state index contributed by atoms with van der Waals surface area (Å²) in [5, 5.41) is 0. The summed E-state index contributed by atoms with van der Waals surface area (Å²) in [4.78, 5) is 0. The second-order valence-electron chi connectivity index (χ2n) is 3.53. The number of hydrogen-bond acceptors (Lipinski definition) is 1. The van der Waals surface area contributed by atoms with Gasteiger partial charge in [-0.25, -0.2) is 0 Å². The minimum absolute atomic E-state index is 0.312. The maximum absolute atomic E-state index is 5.15. The average Bonchev–Trinajstić information content (AvgIpc) is 2.39. The van der Waals surface area contributed by atoms with Crippen LogP contribution in [-0.4, -0.2) is 11.7 Å². The molecule has 0 spiro atoms. The second kappa shape index (κ2) is 7.38. The van der Waals surface area contributed by atoms with Gasteiger partial charge in [-0.05, 0) is 19.1 Å². The Balaban J connectivity index is 2.93. The van der Waals surface area contributed by atoms with Crippen molar-refractivity contribution < 1.29 is 4.74 Å². The Hall–Kier alpha value is -0.965. The van der Waals surface area contributed by atoms with E-state index in [-0.39, 0.29) is 0 Å². The quantitative estimate of drug-likeness (QED) is 0.453. The van der Waals surface area contributed by atoms with E-state index in [4.69, 9.17) is 4.74 Å². The van der Waals surface area contributed by atoms with E-state index in [1.54, 1.807) is 7.11 Å². The lowest BCUT2D eigenvalue weighted by molar-refractivity contribution is 0.415. The van der Waals surface area contributed by atoms with Crippen LogP contribution in [0.2, 0.25) is 0 Å². The molecule has 0 saturated heterocycles. The molecule has 0 aliphatic rings. The fourth-order valence-electron chi connectivity index (χ4n) is 1.43. The molecule has 1 aromatic carbocycles. The lowest BCUT2D eigenvalue weighted by Gasteiger charge is -2.08. The van der Waals surface area contributed by atoms with Gasteiger partial charge in [-0.2, -0.15) is 0 Å². The zero-order valence-corrected chi connectivity index (χ0v) is 12.3. The lowest BCUT2D eigenvalue weighted by atomic mass is 9.62. The summed E-state index contributed by atoms with van der Waals surface area (Å²) in [5.74, 6) is 0.884. The Labute approximate surface area is 117 Å². The number of methoxy groups -OCH3 is 1. The lowest BCUT2D eigenvalue weighted by Crippen LogP contribution is -2.25. The highest BCUT2D eigenvalue weighted by atomic mass is 127. The van der Waals surface area contributed by atoms with Crippen LogP contribution in [0, 0.1) is 0 Å². The highest BCUT2D eigenvalue weighted by Gasteiger charge is 2.15. The molecule has 88 valence electrons. The van der Waals surface area contributed by atoms with Crippen LogP contribution in [0.15, 0.2) is 60.6 Å². The molecule has 1 nitrogen and oxygen atoms in total. The summed E-state index contributed by atoms with van der Waals surface area (Å²) in [6.45, 7) is 5.87. The predicted molar refractivity (Wildman–Crippen MR) is 85.5 cm³/mol. The summed E-state index contributed by atoms with van der Waals surface area (Å²) in [7, 11) is 1.68. The van der Waals surface area contributed by atoms with Crippen molar-refractivity contribution in [3.8, 4) is 5.75 Å². The van der Waals surface area contributed by atoms with Gasteiger partial charge in [-0.3, -0.25) is 0 Å². The van der Waals surface area contributed by atoms with Crippen molar-refractivity contribution in [3.05, 3.63) is 60.6 Å². The van der Waals surface area contributed by atoms with Gasteiger partial charge in [-0.15, -0.1) is 22.4 Å². The molecule has 0 bridgehead atoms. The number of ether oxygens (including phenoxy) is 1. The minimum atomic E-state index is 0.312. The summed E-state index contributed by atoms with van der Waals surface area (Å²) in [5.41, 5.74) is 2.45. The van der Waals surface area contributed by atoms with Crippen molar-refractivity contribution in [1.29, 1.82) is 0 Å². The fourth-order valence-corrected chi connectivity index (χ4v) is 2.31. The van der Waals surface area contributed by atoms with Crippen molar-refractivity contribution in [2.24, 2.45) is 0 Å². The normalized spacial score (nSPS) is 11.6. The van der Waals surface area contributed by atoms with Crippen LogP contribution >= 0.6 is 22.4 Å². The Kier molecular flexibility index (Phi) is 6.12. The predicted octanol–water partition coefficient (Wildman–Crippen LogP) is 3.56. The van der Waals surface area contributed by atoms with E-state index in [1.165, 1.54) is 10.9 Å². The third-order valence-electron chi connectivity index (χ3n) is 2.42.